The molecule has 0 aliphatic carbocycles. The van der Waals surface area contributed by atoms with Crippen LogP contribution >= 0.6 is 7.82 Å². The fourth-order valence-electron chi connectivity index (χ4n) is 6.70. The average Bonchev–Trinajstić information content (AvgIpc) is 3.14. The second-order valence-corrected chi connectivity index (χ2v) is 16.7. The Morgan fingerprint density at radius 2 is 0.889 bits per heavy atom. The van der Waals surface area contributed by atoms with E-state index in [-0.39, 0.29) is 13.0 Å². The van der Waals surface area contributed by atoms with Gasteiger partial charge in [0.05, 0.1) is 6.61 Å². The lowest BCUT2D eigenvalue weighted by molar-refractivity contribution is -0.159. The van der Waals surface area contributed by atoms with Gasteiger partial charge in [0.1, 0.15) is 6.61 Å². The summed E-state index contributed by atoms with van der Waals surface area (Å²) in [6.45, 7) is 3.61. The molecule has 0 bridgehead atoms. The van der Waals surface area contributed by atoms with Crippen LogP contribution in [0.3, 0.4) is 0 Å². The van der Waals surface area contributed by atoms with Gasteiger partial charge in [-0.15, -0.1) is 0 Å². The minimum Gasteiger partial charge on any atom is -0.458 e. The molecule has 0 amide bonds. The minimum atomic E-state index is -4.77. The van der Waals surface area contributed by atoms with Crippen molar-refractivity contribution >= 4 is 19.8 Å². The number of unbranched alkanes of at least 4 members (excludes halogenated alkanes) is 31. The molecule has 0 saturated carbocycles. The lowest BCUT2D eigenvalue weighted by atomic mass is 10.0. The number of hydrogen-bond donors (Lipinski definition) is 2. The molecule has 0 aromatic carbocycles. The zero-order valence-electron chi connectivity index (χ0n) is 35.1. The molecule has 0 rings (SSSR count). The van der Waals surface area contributed by atoms with Crippen LogP contribution < -0.4 is 0 Å². The van der Waals surface area contributed by atoms with Crippen molar-refractivity contribution in [3.8, 4) is 0 Å². The van der Waals surface area contributed by atoms with Gasteiger partial charge in [-0.05, 0) is 19.3 Å². The highest BCUT2D eigenvalue weighted by Gasteiger charge is 2.22. The summed E-state index contributed by atoms with van der Waals surface area (Å²) in [6, 6.07) is 0. The molecule has 0 aromatic rings. The number of ether oxygens (including phenoxy) is 2. The van der Waals surface area contributed by atoms with Crippen molar-refractivity contribution in [1.82, 2.24) is 0 Å². The van der Waals surface area contributed by atoms with E-state index in [2.05, 4.69) is 18.4 Å². The van der Waals surface area contributed by atoms with Gasteiger partial charge in [0, 0.05) is 12.5 Å². The number of phosphoric ester groups is 1. The van der Waals surface area contributed by atoms with Gasteiger partial charge < -0.3 is 19.3 Å². The van der Waals surface area contributed by atoms with Crippen molar-refractivity contribution in [2.45, 2.75) is 238 Å². The normalized spacial score (nSPS) is 12.6. The number of phosphoric acid groups is 1. The number of rotatable bonds is 42. The van der Waals surface area contributed by atoms with E-state index in [1.807, 2.05) is 12.2 Å². The van der Waals surface area contributed by atoms with Crippen molar-refractivity contribution < 1.29 is 37.9 Å². The van der Waals surface area contributed by atoms with Crippen molar-refractivity contribution in [2.24, 2.45) is 0 Å². The smallest absolute Gasteiger partial charge is 0.458 e. The number of carbonyl (C=O) groups excluding carboxylic acids is 2. The van der Waals surface area contributed by atoms with E-state index in [4.69, 9.17) is 19.3 Å². The fraction of sp³-hybridized carbons (Fsp3) is 0.867. The Balaban J connectivity index is 3.90. The first kappa shape index (κ1) is 52.5. The fourth-order valence-corrected chi connectivity index (χ4v) is 7.06. The first-order valence-electron chi connectivity index (χ1n) is 22.7. The summed E-state index contributed by atoms with van der Waals surface area (Å²) in [5, 5.41) is 0. The molecule has 0 unspecified atom stereocenters. The van der Waals surface area contributed by atoms with E-state index >= 15 is 0 Å². The predicted octanol–water partition coefficient (Wildman–Crippen LogP) is 14.0. The molecule has 0 heterocycles. The highest BCUT2D eigenvalue weighted by Crippen LogP contribution is 2.36. The van der Waals surface area contributed by atoms with Gasteiger partial charge in [0.15, 0.2) is 6.10 Å². The van der Waals surface area contributed by atoms with Gasteiger partial charge in [-0.3, -0.25) is 9.32 Å². The maximum atomic E-state index is 12.4. The molecular formula is C45H85O8P. The Kier molecular flexibility index (Phi) is 40.1. The van der Waals surface area contributed by atoms with Crippen LogP contribution in [-0.4, -0.2) is 41.0 Å². The quantitative estimate of drug-likeness (QED) is 0.0206. The van der Waals surface area contributed by atoms with Gasteiger partial charge >= 0.3 is 19.8 Å². The maximum Gasteiger partial charge on any atom is 0.469 e. The molecule has 0 aromatic heterocycles. The first-order valence-corrected chi connectivity index (χ1v) is 24.2. The van der Waals surface area contributed by atoms with Crippen LogP contribution in [0.25, 0.3) is 0 Å². The third-order valence-corrected chi connectivity index (χ3v) is 10.6. The third-order valence-electron chi connectivity index (χ3n) is 10.1. The predicted molar refractivity (Wildman–Crippen MR) is 225 cm³/mol. The van der Waals surface area contributed by atoms with Gasteiger partial charge in [-0.2, -0.15) is 0 Å². The van der Waals surface area contributed by atoms with Crippen LogP contribution in [0.15, 0.2) is 24.3 Å². The van der Waals surface area contributed by atoms with Crippen LogP contribution in [0.5, 0.6) is 0 Å². The van der Waals surface area contributed by atoms with E-state index in [0.717, 1.165) is 32.1 Å². The number of carbonyl (C=O) groups is 2. The molecule has 0 saturated heterocycles. The van der Waals surface area contributed by atoms with E-state index in [0.29, 0.717) is 6.42 Å². The van der Waals surface area contributed by atoms with Crippen molar-refractivity contribution in [3.05, 3.63) is 24.3 Å². The molecule has 0 radical (unpaired) electrons. The van der Waals surface area contributed by atoms with Crippen LogP contribution in [0, 0.1) is 0 Å². The second-order valence-electron chi connectivity index (χ2n) is 15.5. The van der Waals surface area contributed by atoms with Crippen LogP contribution in [-0.2, 0) is 28.2 Å². The standard InChI is InChI=1S/C45H85O8P/c1-3-5-7-9-11-13-15-17-19-20-21-22-23-24-26-28-30-32-34-36-38-40-45(47)53-43(42-52-54(48,49)50)41-51-44(46)39-37-35-33-31-29-27-25-18-16-14-12-10-8-6-4-2/h33,35,37,39,43H,3-32,34,36,38,40-42H2,1-2H3,(H2,48,49,50)/b35-33+,39-37+/t43-/m1/s1. The molecule has 54 heavy (non-hydrogen) atoms. The summed E-state index contributed by atoms with van der Waals surface area (Å²) in [5.41, 5.74) is 0. The summed E-state index contributed by atoms with van der Waals surface area (Å²) in [5.74, 6) is -1.13. The maximum absolute atomic E-state index is 12.4. The molecule has 1 atom stereocenters. The van der Waals surface area contributed by atoms with Gasteiger partial charge in [-0.25, -0.2) is 9.36 Å². The Labute approximate surface area is 332 Å². The lowest BCUT2D eigenvalue weighted by Gasteiger charge is -2.18. The van der Waals surface area contributed by atoms with Gasteiger partial charge in [0.25, 0.3) is 0 Å². The van der Waals surface area contributed by atoms with Crippen LogP contribution in [0.4, 0.5) is 0 Å². The van der Waals surface area contributed by atoms with E-state index in [1.54, 1.807) is 6.08 Å². The van der Waals surface area contributed by atoms with Gasteiger partial charge in [-0.1, -0.05) is 225 Å². The highest BCUT2D eigenvalue weighted by atomic mass is 31.2. The summed E-state index contributed by atoms with van der Waals surface area (Å²) in [4.78, 5) is 42.8. The molecule has 318 valence electrons. The molecule has 0 aliphatic heterocycles. The number of allylic oxidation sites excluding steroid dienone is 3. The van der Waals surface area contributed by atoms with Crippen molar-refractivity contribution in [3.63, 3.8) is 0 Å². The Morgan fingerprint density at radius 3 is 1.28 bits per heavy atom. The Bertz CT molecular complexity index is 931. The monoisotopic (exact) mass is 785 g/mol. The van der Waals surface area contributed by atoms with E-state index in [1.165, 1.54) is 179 Å². The molecule has 2 N–H and O–H groups in total. The molecule has 0 spiro atoms. The largest absolute Gasteiger partial charge is 0.469 e. The zero-order chi connectivity index (χ0) is 39.6. The minimum absolute atomic E-state index is 0.198. The molecule has 0 fully saturated rings. The molecule has 9 heteroatoms. The Morgan fingerprint density at radius 1 is 0.519 bits per heavy atom. The summed E-state index contributed by atoms with van der Waals surface area (Å²) in [7, 11) is -4.77. The number of esters is 2. The van der Waals surface area contributed by atoms with Crippen LogP contribution in [0.2, 0.25) is 0 Å². The SMILES string of the molecule is CCCCCCCCCCCCC/C=C/C=C/C(=O)OC[C@H](COP(=O)(O)O)OC(=O)CCCCCCCCCCCCCCCCCCCCCCC. The second kappa shape index (κ2) is 41.2. The average molecular weight is 785 g/mol. The van der Waals surface area contributed by atoms with Crippen molar-refractivity contribution in [2.75, 3.05) is 13.2 Å². The Hall–Kier alpha value is -1.47. The highest BCUT2D eigenvalue weighted by molar-refractivity contribution is 7.46. The molecular weight excluding hydrogens is 699 g/mol. The molecule has 8 nitrogen and oxygen atoms in total. The third kappa shape index (κ3) is 43.3. The summed E-state index contributed by atoms with van der Waals surface area (Å²) >= 11 is 0. The first-order chi connectivity index (χ1) is 26.3. The summed E-state index contributed by atoms with van der Waals surface area (Å²) in [6.07, 6.45) is 48.2. The lowest BCUT2D eigenvalue weighted by Crippen LogP contribution is -2.29. The van der Waals surface area contributed by atoms with E-state index < -0.39 is 32.5 Å². The van der Waals surface area contributed by atoms with Gasteiger partial charge in [0.2, 0.25) is 0 Å². The summed E-state index contributed by atoms with van der Waals surface area (Å²) < 4.78 is 26.3. The van der Waals surface area contributed by atoms with E-state index in [9.17, 15) is 14.2 Å². The van der Waals surface area contributed by atoms with Crippen LogP contribution in [0.1, 0.15) is 232 Å². The number of hydrogen-bond acceptors (Lipinski definition) is 6. The van der Waals surface area contributed by atoms with Crippen molar-refractivity contribution in [1.29, 1.82) is 0 Å². The topological polar surface area (TPSA) is 119 Å². The molecule has 0 aliphatic rings. The zero-order valence-corrected chi connectivity index (χ0v) is 36.0.